The third-order valence-electron chi connectivity index (χ3n) is 6.74. The fourth-order valence-corrected chi connectivity index (χ4v) is 7.21. The van der Waals surface area contributed by atoms with Gasteiger partial charge >= 0.3 is 0 Å². The van der Waals surface area contributed by atoms with Gasteiger partial charge in [0.1, 0.15) is 10.7 Å². The van der Waals surface area contributed by atoms with Crippen molar-refractivity contribution in [1.82, 2.24) is 4.31 Å². The first-order valence-corrected chi connectivity index (χ1v) is 11.9. The first-order chi connectivity index (χ1) is 14.7. The summed E-state index contributed by atoms with van der Waals surface area (Å²) < 4.78 is 41.5. The van der Waals surface area contributed by atoms with Crippen molar-refractivity contribution in [2.24, 2.45) is 0 Å². The highest BCUT2D eigenvalue weighted by Crippen LogP contribution is 2.51. The van der Waals surface area contributed by atoms with Gasteiger partial charge in [-0.1, -0.05) is 18.9 Å². The molecule has 2 aliphatic heterocycles. The molecule has 2 heterocycles. The number of fused-ring (bicyclic) bond motifs is 3. The van der Waals surface area contributed by atoms with Crippen LogP contribution >= 0.6 is 0 Å². The van der Waals surface area contributed by atoms with Crippen molar-refractivity contribution in [2.75, 3.05) is 11.4 Å². The number of carbonyl (C=O) groups is 2. The van der Waals surface area contributed by atoms with Gasteiger partial charge in [0, 0.05) is 29.1 Å². The van der Waals surface area contributed by atoms with E-state index in [4.69, 9.17) is 0 Å². The molecule has 3 aliphatic rings. The maximum absolute atomic E-state index is 14.8. The van der Waals surface area contributed by atoms with Crippen molar-refractivity contribution >= 4 is 27.5 Å². The second kappa shape index (κ2) is 6.63. The molecule has 8 heteroatoms. The molecule has 31 heavy (non-hydrogen) atoms. The van der Waals surface area contributed by atoms with Crippen LogP contribution in [0.1, 0.15) is 65.8 Å². The number of carbonyl (C=O) groups excluding carboxylic acids is 2. The average Bonchev–Trinajstić information content (AvgIpc) is 3.37. The molecular weight excluding hydrogens is 419 g/mol. The summed E-state index contributed by atoms with van der Waals surface area (Å²) in [6, 6.07) is 8.41. The van der Waals surface area contributed by atoms with Gasteiger partial charge in [-0.15, -0.1) is 0 Å². The summed E-state index contributed by atoms with van der Waals surface area (Å²) in [6.07, 6.45) is 3.61. The zero-order chi connectivity index (χ0) is 22.1. The van der Waals surface area contributed by atoms with Gasteiger partial charge in [-0.2, -0.15) is 0 Å². The van der Waals surface area contributed by atoms with E-state index >= 15 is 0 Å². The Kier molecular flexibility index (Phi) is 4.31. The maximum atomic E-state index is 14.8. The molecule has 0 radical (unpaired) electrons. The monoisotopic (exact) mass is 442 g/mol. The minimum Gasteiger partial charge on any atom is -0.307 e. The van der Waals surface area contributed by atoms with Gasteiger partial charge in [0.15, 0.2) is 0 Å². The predicted molar refractivity (Wildman–Crippen MR) is 113 cm³/mol. The molecule has 1 saturated carbocycles. The minimum absolute atomic E-state index is 0.0744. The van der Waals surface area contributed by atoms with Crippen molar-refractivity contribution in [3.05, 3.63) is 58.9 Å². The number of sulfonamides is 1. The number of benzene rings is 2. The summed E-state index contributed by atoms with van der Waals surface area (Å²) in [6.45, 7) is 3.64. The highest BCUT2D eigenvalue weighted by atomic mass is 32.2. The fourth-order valence-electron chi connectivity index (χ4n) is 5.42. The molecule has 1 spiro atoms. The second-order valence-electron chi connectivity index (χ2n) is 8.92. The molecule has 0 unspecified atom stereocenters. The van der Waals surface area contributed by atoms with Crippen molar-refractivity contribution in [3.63, 3.8) is 0 Å². The van der Waals surface area contributed by atoms with Crippen molar-refractivity contribution < 1.29 is 22.4 Å². The van der Waals surface area contributed by atoms with E-state index in [2.05, 4.69) is 0 Å². The Labute approximate surface area is 180 Å². The SMILES string of the molecule is CC(C)N1C(=O)c2ccc(C(=O)N3CC4(CCCC4)c4c(F)cccc43)cc2S1(=O)=O. The van der Waals surface area contributed by atoms with Crippen molar-refractivity contribution in [2.45, 2.75) is 55.9 Å². The Morgan fingerprint density at radius 3 is 2.52 bits per heavy atom. The van der Waals surface area contributed by atoms with E-state index in [1.54, 1.807) is 30.9 Å². The summed E-state index contributed by atoms with van der Waals surface area (Å²) in [5, 5.41) is 0. The van der Waals surface area contributed by atoms with Crippen LogP contribution in [0, 0.1) is 5.82 Å². The van der Waals surface area contributed by atoms with Gasteiger partial charge in [0.2, 0.25) is 0 Å². The van der Waals surface area contributed by atoms with Gasteiger partial charge in [-0.3, -0.25) is 9.59 Å². The van der Waals surface area contributed by atoms with Crippen LogP contribution in [0.3, 0.4) is 0 Å². The second-order valence-corrected chi connectivity index (χ2v) is 10.7. The molecule has 0 bridgehead atoms. The molecule has 0 N–H and O–H groups in total. The van der Waals surface area contributed by atoms with Crippen LogP contribution in [0.4, 0.5) is 10.1 Å². The zero-order valence-corrected chi connectivity index (χ0v) is 18.2. The molecule has 0 atom stereocenters. The molecule has 1 aliphatic carbocycles. The largest absolute Gasteiger partial charge is 0.307 e. The Bertz CT molecular complexity index is 1230. The first-order valence-electron chi connectivity index (χ1n) is 10.5. The molecule has 5 rings (SSSR count). The van der Waals surface area contributed by atoms with E-state index in [1.807, 2.05) is 0 Å². The molecule has 1 fully saturated rings. The molecule has 162 valence electrons. The molecule has 2 amide bonds. The standard InChI is InChI=1S/C23H23FN2O4S/c1-14(2)26-22(28)16-9-8-15(12-19(16)31(26,29)30)21(27)25-13-23(10-3-4-11-23)20-17(24)6-5-7-18(20)25/h5-9,12,14H,3-4,10-11,13H2,1-2H3. The highest BCUT2D eigenvalue weighted by Gasteiger charge is 2.49. The van der Waals surface area contributed by atoms with Gasteiger partial charge in [-0.05, 0) is 57.0 Å². The Morgan fingerprint density at radius 1 is 1.13 bits per heavy atom. The highest BCUT2D eigenvalue weighted by molar-refractivity contribution is 7.90. The van der Waals surface area contributed by atoms with E-state index in [-0.39, 0.29) is 33.2 Å². The normalized spacial score (nSPS) is 20.6. The lowest BCUT2D eigenvalue weighted by Crippen LogP contribution is -2.36. The number of hydrogen-bond acceptors (Lipinski definition) is 4. The van der Waals surface area contributed by atoms with E-state index in [0.29, 0.717) is 17.8 Å². The summed E-state index contributed by atoms with van der Waals surface area (Å²) >= 11 is 0. The van der Waals surface area contributed by atoms with Crippen LogP contribution in [0.2, 0.25) is 0 Å². The van der Waals surface area contributed by atoms with Crippen LogP contribution in [-0.2, 0) is 15.4 Å². The maximum Gasteiger partial charge on any atom is 0.269 e. The zero-order valence-electron chi connectivity index (χ0n) is 17.4. The van der Waals surface area contributed by atoms with E-state index in [1.165, 1.54) is 24.3 Å². The topological polar surface area (TPSA) is 74.8 Å². The minimum atomic E-state index is -4.01. The lowest BCUT2D eigenvalue weighted by atomic mass is 9.80. The lowest BCUT2D eigenvalue weighted by molar-refractivity contribution is 0.0845. The van der Waals surface area contributed by atoms with Gasteiger partial charge in [0.05, 0.1) is 11.3 Å². The lowest BCUT2D eigenvalue weighted by Gasteiger charge is -2.25. The van der Waals surface area contributed by atoms with Crippen LogP contribution < -0.4 is 4.90 Å². The molecule has 0 aromatic heterocycles. The van der Waals surface area contributed by atoms with Gasteiger partial charge < -0.3 is 4.90 Å². The van der Waals surface area contributed by atoms with Crippen LogP contribution in [0.5, 0.6) is 0 Å². The fraction of sp³-hybridized carbons (Fsp3) is 0.391. The summed E-state index contributed by atoms with van der Waals surface area (Å²) in [4.78, 5) is 27.5. The summed E-state index contributed by atoms with van der Waals surface area (Å²) in [7, 11) is -4.01. The van der Waals surface area contributed by atoms with E-state index < -0.39 is 22.0 Å². The number of rotatable bonds is 2. The Hall–Kier alpha value is -2.74. The number of hydrogen-bond donors (Lipinski definition) is 0. The number of amides is 2. The van der Waals surface area contributed by atoms with Gasteiger partial charge in [0.25, 0.3) is 21.8 Å². The third-order valence-corrected chi connectivity index (χ3v) is 8.74. The predicted octanol–water partition coefficient (Wildman–Crippen LogP) is 3.85. The van der Waals surface area contributed by atoms with E-state index in [9.17, 15) is 22.4 Å². The van der Waals surface area contributed by atoms with Crippen molar-refractivity contribution in [1.29, 1.82) is 0 Å². The first kappa shape index (κ1) is 20.2. The number of anilines is 1. The quantitative estimate of drug-likeness (QED) is 0.708. The summed E-state index contributed by atoms with van der Waals surface area (Å²) in [5.74, 6) is -1.27. The molecule has 6 nitrogen and oxygen atoms in total. The smallest absolute Gasteiger partial charge is 0.269 e. The number of halogens is 1. The third kappa shape index (κ3) is 2.70. The molecule has 0 saturated heterocycles. The van der Waals surface area contributed by atoms with E-state index in [0.717, 1.165) is 30.0 Å². The summed E-state index contributed by atoms with van der Waals surface area (Å²) in [5.41, 5.74) is 1.01. The Balaban J connectivity index is 1.58. The van der Waals surface area contributed by atoms with Gasteiger partial charge in [-0.25, -0.2) is 17.1 Å². The molecule has 2 aromatic carbocycles. The molecular formula is C23H23FN2O4S. The van der Waals surface area contributed by atoms with Crippen molar-refractivity contribution in [3.8, 4) is 0 Å². The Morgan fingerprint density at radius 2 is 1.84 bits per heavy atom. The van der Waals surface area contributed by atoms with Crippen LogP contribution in [0.15, 0.2) is 41.3 Å². The average molecular weight is 443 g/mol. The molecule has 2 aromatic rings. The van der Waals surface area contributed by atoms with Crippen LogP contribution in [0.25, 0.3) is 0 Å². The number of nitrogens with zero attached hydrogens (tertiary/aromatic N) is 2. The van der Waals surface area contributed by atoms with Crippen LogP contribution in [-0.4, -0.2) is 37.1 Å².